The highest BCUT2D eigenvalue weighted by atomic mass is 19.1. The van der Waals surface area contributed by atoms with Crippen LogP contribution in [0.15, 0.2) is 36.4 Å². The number of nitrogens with two attached hydrogens (primary N) is 1. The van der Waals surface area contributed by atoms with Crippen LogP contribution >= 0.6 is 0 Å². The molecule has 3 N–H and O–H groups in total. The van der Waals surface area contributed by atoms with E-state index in [1.54, 1.807) is 0 Å². The Morgan fingerprint density at radius 3 is 2.55 bits per heavy atom. The third-order valence-electron chi connectivity index (χ3n) is 2.39. The molecule has 0 unspecified atom stereocenters. The SMILES string of the molecule is NNc1cc(Oc2ccc(F)cc2F)cc([N+](=O)[O-])c1. The van der Waals surface area contributed by atoms with Crippen molar-refractivity contribution >= 4 is 11.4 Å². The second-order valence-electron chi connectivity index (χ2n) is 3.79. The van der Waals surface area contributed by atoms with Gasteiger partial charge in [0.15, 0.2) is 11.6 Å². The van der Waals surface area contributed by atoms with E-state index in [-0.39, 0.29) is 22.9 Å². The minimum atomic E-state index is -0.918. The molecular weight excluding hydrogens is 272 g/mol. The topological polar surface area (TPSA) is 90.4 Å². The van der Waals surface area contributed by atoms with E-state index in [0.29, 0.717) is 6.07 Å². The number of hydrogen-bond donors (Lipinski definition) is 2. The Balaban J connectivity index is 2.37. The molecule has 104 valence electrons. The number of nitrogen functional groups attached to an aromatic ring is 1. The second kappa shape index (κ2) is 5.49. The number of non-ortho nitro benzene ring substituents is 1. The molecule has 0 saturated heterocycles. The first-order chi connectivity index (χ1) is 9.49. The number of ether oxygens (including phenoxy) is 1. The van der Waals surface area contributed by atoms with Crippen molar-refractivity contribution in [2.45, 2.75) is 0 Å². The molecule has 0 amide bonds. The van der Waals surface area contributed by atoms with Crippen molar-refractivity contribution in [1.82, 2.24) is 0 Å². The van der Waals surface area contributed by atoms with Gasteiger partial charge in [0.25, 0.3) is 5.69 Å². The predicted molar refractivity (Wildman–Crippen MR) is 67.3 cm³/mol. The maximum Gasteiger partial charge on any atom is 0.275 e. The van der Waals surface area contributed by atoms with Gasteiger partial charge in [-0.05, 0) is 12.1 Å². The van der Waals surface area contributed by atoms with E-state index in [9.17, 15) is 18.9 Å². The molecule has 6 nitrogen and oxygen atoms in total. The summed E-state index contributed by atoms with van der Waals surface area (Å²) < 4.78 is 31.4. The van der Waals surface area contributed by atoms with Crippen molar-refractivity contribution in [3.8, 4) is 11.5 Å². The van der Waals surface area contributed by atoms with Crippen molar-refractivity contribution in [3.05, 3.63) is 58.1 Å². The molecule has 0 aliphatic rings. The van der Waals surface area contributed by atoms with E-state index in [1.165, 1.54) is 12.1 Å². The molecule has 0 fully saturated rings. The standard InChI is InChI=1S/C12H9F2N3O3/c13-7-1-2-12(11(14)3-7)20-10-5-8(16-15)4-9(6-10)17(18)19/h1-6,16H,15H2. The van der Waals surface area contributed by atoms with E-state index < -0.39 is 16.6 Å². The molecule has 20 heavy (non-hydrogen) atoms. The van der Waals surface area contributed by atoms with Gasteiger partial charge in [-0.3, -0.25) is 16.0 Å². The monoisotopic (exact) mass is 281 g/mol. The molecule has 8 heteroatoms. The zero-order chi connectivity index (χ0) is 14.7. The fourth-order valence-corrected chi connectivity index (χ4v) is 1.52. The van der Waals surface area contributed by atoms with E-state index in [1.807, 2.05) is 0 Å². The van der Waals surface area contributed by atoms with Crippen molar-refractivity contribution < 1.29 is 18.4 Å². The summed E-state index contributed by atoms with van der Waals surface area (Å²) in [5, 5.41) is 10.7. The van der Waals surface area contributed by atoms with Crippen molar-refractivity contribution in [2.75, 3.05) is 5.43 Å². The molecule has 0 atom stereocenters. The zero-order valence-electron chi connectivity index (χ0n) is 9.97. The van der Waals surface area contributed by atoms with Crippen molar-refractivity contribution in [1.29, 1.82) is 0 Å². The molecule has 0 heterocycles. The van der Waals surface area contributed by atoms with Crippen LogP contribution in [-0.2, 0) is 0 Å². The van der Waals surface area contributed by atoms with Crippen molar-refractivity contribution in [3.63, 3.8) is 0 Å². The molecule has 2 aromatic rings. The zero-order valence-corrected chi connectivity index (χ0v) is 9.97. The fourth-order valence-electron chi connectivity index (χ4n) is 1.52. The highest BCUT2D eigenvalue weighted by molar-refractivity contribution is 5.56. The number of nitrogens with zero attached hydrogens (tertiary/aromatic N) is 1. The Bertz CT molecular complexity index is 664. The first-order valence-electron chi connectivity index (χ1n) is 5.38. The highest BCUT2D eigenvalue weighted by Crippen LogP contribution is 2.30. The minimum absolute atomic E-state index is 0.00217. The Kier molecular flexibility index (Phi) is 3.76. The maximum atomic E-state index is 13.4. The fraction of sp³-hybridized carbons (Fsp3) is 0. The number of benzene rings is 2. The first kappa shape index (κ1) is 13.7. The minimum Gasteiger partial charge on any atom is -0.454 e. The van der Waals surface area contributed by atoms with E-state index >= 15 is 0 Å². The van der Waals surface area contributed by atoms with Gasteiger partial charge in [-0.2, -0.15) is 0 Å². The summed E-state index contributed by atoms with van der Waals surface area (Å²) in [6.45, 7) is 0. The van der Waals surface area contributed by atoms with Crippen LogP contribution in [0.3, 0.4) is 0 Å². The number of nitrogens with one attached hydrogen (secondary N) is 1. The van der Waals surface area contributed by atoms with Crippen LogP contribution in [0.4, 0.5) is 20.2 Å². The van der Waals surface area contributed by atoms with E-state index in [0.717, 1.165) is 18.2 Å². The third-order valence-corrected chi connectivity index (χ3v) is 2.39. The lowest BCUT2D eigenvalue weighted by atomic mass is 10.2. The normalized spacial score (nSPS) is 10.2. The van der Waals surface area contributed by atoms with Gasteiger partial charge in [-0.1, -0.05) is 0 Å². The smallest absolute Gasteiger partial charge is 0.275 e. The average molecular weight is 281 g/mol. The lowest BCUT2D eigenvalue weighted by Crippen LogP contribution is -2.07. The van der Waals surface area contributed by atoms with Crippen LogP contribution in [0.25, 0.3) is 0 Å². The van der Waals surface area contributed by atoms with E-state index in [4.69, 9.17) is 10.6 Å². The van der Waals surface area contributed by atoms with Gasteiger partial charge >= 0.3 is 0 Å². The van der Waals surface area contributed by atoms with Gasteiger partial charge in [0.1, 0.15) is 11.6 Å². The lowest BCUT2D eigenvalue weighted by molar-refractivity contribution is -0.384. The number of anilines is 1. The summed E-state index contributed by atoms with van der Waals surface area (Å²) in [4.78, 5) is 10.1. The number of nitro groups is 1. The van der Waals surface area contributed by atoms with Crippen LogP contribution < -0.4 is 16.0 Å². The van der Waals surface area contributed by atoms with Crippen LogP contribution in [0.1, 0.15) is 0 Å². The largest absolute Gasteiger partial charge is 0.454 e. The van der Waals surface area contributed by atoms with Gasteiger partial charge in [0.2, 0.25) is 0 Å². The summed E-state index contributed by atoms with van der Waals surface area (Å²) in [7, 11) is 0. The molecule has 0 aliphatic heterocycles. The Morgan fingerprint density at radius 2 is 1.95 bits per heavy atom. The molecule has 2 aromatic carbocycles. The quantitative estimate of drug-likeness (QED) is 0.511. The number of hydrazine groups is 1. The second-order valence-corrected chi connectivity index (χ2v) is 3.79. The summed E-state index contributed by atoms with van der Waals surface area (Å²) in [6, 6.07) is 6.37. The first-order valence-corrected chi connectivity index (χ1v) is 5.38. The van der Waals surface area contributed by atoms with Gasteiger partial charge in [-0.15, -0.1) is 0 Å². The summed E-state index contributed by atoms with van der Waals surface area (Å²) in [5.74, 6) is 3.25. The molecule has 0 radical (unpaired) electrons. The molecule has 0 bridgehead atoms. The van der Waals surface area contributed by atoms with Crippen LogP contribution in [0.5, 0.6) is 11.5 Å². The van der Waals surface area contributed by atoms with Gasteiger partial charge in [0, 0.05) is 18.2 Å². The summed E-state index contributed by atoms with van der Waals surface area (Å²) >= 11 is 0. The van der Waals surface area contributed by atoms with Crippen LogP contribution in [-0.4, -0.2) is 4.92 Å². The number of halogens is 2. The van der Waals surface area contributed by atoms with Gasteiger partial charge in [-0.25, -0.2) is 8.78 Å². The summed E-state index contributed by atoms with van der Waals surface area (Å²) in [6.07, 6.45) is 0. The molecule has 0 saturated carbocycles. The van der Waals surface area contributed by atoms with Gasteiger partial charge < -0.3 is 10.2 Å². The third kappa shape index (κ3) is 2.98. The number of rotatable bonds is 4. The number of nitro benzene ring substituents is 1. The molecule has 2 rings (SSSR count). The average Bonchev–Trinajstić information content (AvgIpc) is 2.41. The van der Waals surface area contributed by atoms with Gasteiger partial charge in [0.05, 0.1) is 16.7 Å². The Labute approximate surface area is 111 Å². The highest BCUT2D eigenvalue weighted by Gasteiger charge is 2.12. The van der Waals surface area contributed by atoms with Crippen LogP contribution in [0.2, 0.25) is 0 Å². The molecule has 0 aromatic heterocycles. The van der Waals surface area contributed by atoms with E-state index in [2.05, 4.69) is 5.43 Å². The lowest BCUT2D eigenvalue weighted by Gasteiger charge is -2.08. The number of hydrogen-bond acceptors (Lipinski definition) is 5. The molecule has 0 spiro atoms. The Morgan fingerprint density at radius 1 is 1.20 bits per heavy atom. The van der Waals surface area contributed by atoms with Crippen LogP contribution in [0, 0.1) is 21.7 Å². The predicted octanol–water partition coefficient (Wildman–Crippen LogP) is 2.95. The molecule has 0 aliphatic carbocycles. The maximum absolute atomic E-state index is 13.4. The van der Waals surface area contributed by atoms with Crippen molar-refractivity contribution in [2.24, 2.45) is 5.84 Å². The Hall–Kier alpha value is -2.74. The summed E-state index contributed by atoms with van der Waals surface area (Å²) in [5.41, 5.74) is 2.17. The molecular formula is C12H9F2N3O3.